The van der Waals surface area contributed by atoms with Crippen LogP contribution in [0, 0.1) is 5.92 Å². The van der Waals surface area contributed by atoms with Gasteiger partial charge in [-0.3, -0.25) is 9.78 Å². The van der Waals surface area contributed by atoms with Crippen LogP contribution >= 0.6 is 0 Å². The topological polar surface area (TPSA) is 49.0 Å². The lowest BCUT2D eigenvalue weighted by Crippen LogP contribution is -2.37. The highest BCUT2D eigenvalue weighted by atomic mass is 19.4. The first-order valence-corrected chi connectivity index (χ1v) is 5.80. The van der Waals surface area contributed by atoms with Gasteiger partial charge in [-0.1, -0.05) is 6.92 Å². The molecule has 1 unspecified atom stereocenters. The minimum atomic E-state index is -4.59. The molecule has 1 N–H and O–H groups in total. The van der Waals surface area contributed by atoms with Gasteiger partial charge in [0.1, 0.15) is 0 Å². The molecule has 1 aromatic heterocycles. The van der Waals surface area contributed by atoms with Crippen molar-refractivity contribution in [2.45, 2.75) is 25.9 Å². The summed E-state index contributed by atoms with van der Waals surface area (Å²) in [5, 5.41) is 0. The van der Waals surface area contributed by atoms with Gasteiger partial charge in [0.25, 0.3) is 5.56 Å². The van der Waals surface area contributed by atoms with Crippen molar-refractivity contribution < 1.29 is 13.2 Å². The van der Waals surface area contributed by atoms with E-state index in [4.69, 9.17) is 0 Å². The SMILES string of the molecule is CC1CCCN(c2nc(C(F)(F)F)cc(=O)[nH]2)C1. The third kappa shape index (κ3) is 2.83. The Morgan fingerprint density at radius 3 is 2.83 bits per heavy atom. The van der Waals surface area contributed by atoms with Gasteiger partial charge in [0.05, 0.1) is 0 Å². The molecule has 0 spiro atoms. The molecule has 0 aromatic carbocycles. The number of H-pyrrole nitrogens is 1. The van der Waals surface area contributed by atoms with E-state index in [-0.39, 0.29) is 5.95 Å². The number of piperidine rings is 1. The van der Waals surface area contributed by atoms with E-state index in [1.807, 2.05) is 6.92 Å². The zero-order valence-corrected chi connectivity index (χ0v) is 9.92. The van der Waals surface area contributed by atoms with Crippen LogP contribution in [0.25, 0.3) is 0 Å². The zero-order chi connectivity index (χ0) is 13.3. The van der Waals surface area contributed by atoms with Crippen LogP contribution in [0.1, 0.15) is 25.5 Å². The van der Waals surface area contributed by atoms with E-state index >= 15 is 0 Å². The van der Waals surface area contributed by atoms with Crippen molar-refractivity contribution in [2.75, 3.05) is 18.0 Å². The van der Waals surface area contributed by atoms with Crippen molar-refractivity contribution in [3.05, 3.63) is 22.1 Å². The van der Waals surface area contributed by atoms with Crippen molar-refractivity contribution in [2.24, 2.45) is 5.92 Å². The molecular formula is C11H14F3N3O. The van der Waals surface area contributed by atoms with Crippen LogP contribution in [0.3, 0.4) is 0 Å². The molecule has 1 aliphatic heterocycles. The number of anilines is 1. The number of hydrogen-bond donors (Lipinski definition) is 1. The van der Waals surface area contributed by atoms with Crippen molar-refractivity contribution in [3.8, 4) is 0 Å². The molecule has 1 fully saturated rings. The molecule has 2 heterocycles. The van der Waals surface area contributed by atoms with Gasteiger partial charge < -0.3 is 4.90 Å². The van der Waals surface area contributed by atoms with Gasteiger partial charge in [-0.2, -0.15) is 13.2 Å². The maximum Gasteiger partial charge on any atom is 0.433 e. The minimum Gasteiger partial charge on any atom is -0.342 e. The van der Waals surface area contributed by atoms with E-state index in [1.165, 1.54) is 0 Å². The molecule has 0 aliphatic carbocycles. The average molecular weight is 261 g/mol. The number of alkyl halides is 3. The van der Waals surface area contributed by atoms with E-state index < -0.39 is 17.4 Å². The van der Waals surface area contributed by atoms with Gasteiger partial charge in [-0.15, -0.1) is 0 Å². The molecule has 4 nitrogen and oxygen atoms in total. The average Bonchev–Trinajstić information content (AvgIpc) is 2.27. The largest absolute Gasteiger partial charge is 0.433 e. The van der Waals surface area contributed by atoms with Crippen LogP contribution in [-0.2, 0) is 6.18 Å². The van der Waals surface area contributed by atoms with Crippen LogP contribution in [-0.4, -0.2) is 23.1 Å². The molecule has 18 heavy (non-hydrogen) atoms. The van der Waals surface area contributed by atoms with E-state index in [0.717, 1.165) is 12.8 Å². The first-order valence-electron chi connectivity index (χ1n) is 5.80. The molecule has 7 heteroatoms. The molecule has 0 saturated carbocycles. The highest BCUT2D eigenvalue weighted by Crippen LogP contribution is 2.28. The Morgan fingerprint density at radius 2 is 2.22 bits per heavy atom. The van der Waals surface area contributed by atoms with Crippen LogP contribution in [0.4, 0.5) is 19.1 Å². The fraction of sp³-hybridized carbons (Fsp3) is 0.636. The second-order valence-corrected chi connectivity index (χ2v) is 4.65. The van der Waals surface area contributed by atoms with Crippen molar-refractivity contribution >= 4 is 5.95 Å². The predicted octanol–water partition coefficient (Wildman–Crippen LogP) is 2.02. The Balaban J connectivity index is 2.33. The second-order valence-electron chi connectivity index (χ2n) is 4.65. The minimum absolute atomic E-state index is 0.0152. The lowest BCUT2D eigenvalue weighted by molar-refractivity contribution is -0.141. The van der Waals surface area contributed by atoms with Gasteiger partial charge in [0, 0.05) is 19.2 Å². The third-order valence-electron chi connectivity index (χ3n) is 2.98. The van der Waals surface area contributed by atoms with Crippen LogP contribution < -0.4 is 10.5 Å². The van der Waals surface area contributed by atoms with Crippen molar-refractivity contribution in [1.82, 2.24) is 9.97 Å². The Hall–Kier alpha value is -1.53. The first-order chi connectivity index (χ1) is 8.36. The lowest BCUT2D eigenvalue weighted by Gasteiger charge is -2.31. The number of halogens is 3. The van der Waals surface area contributed by atoms with Gasteiger partial charge >= 0.3 is 6.18 Å². The fourth-order valence-electron chi connectivity index (χ4n) is 2.12. The van der Waals surface area contributed by atoms with E-state index in [2.05, 4.69) is 9.97 Å². The number of rotatable bonds is 1. The molecule has 0 bridgehead atoms. The maximum atomic E-state index is 12.6. The van der Waals surface area contributed by atoms with E-state index in [1.54, 1.807) is 4.90 Å². The summed E-state index contributed by atoms with van der Waals surface area (Å²) in [6, 6.07) is 0.483. The molecule has 1 saturated heterocycles. The molecule has 1 atom stereocenters. The van der Waals surface area contributed by atoms with Gasteiger partial charge in [-0.05, 0) is 18.8 Å². The zero-order valence-electron chi connectivity index (χ0n) is 9.92. The number of nitrogens with one attached hydrogen (secondary N) is 1. The Morgan fingerprint density at radius 1 is 1.50 bits per heavy atom. The molecular weight excluding hydrogens is 247 g/mol. The number of hydrogen-bond acceptors (Lipinski definition) is 3. The van der Waals surface area contributed by atoms with Crippen molar-refractivity contribution in [3.63, 3.8) is 0 Å². The molecule has 100 valence electrons. The quantitative estimate of drug-likeness (QED) is 0.841. The molecule has 1 aliphatic rings. The number of aromatic nitrogens is 2. The third-order valence-corrected chi connectivity index (χ3v) is 2.98. The van der Waals surface area contributed by atoms with Gasteiger partial charge in [-0.25, -0.2) is 4.98 Å². The number of nitrogens with zero attached hydrogens (tertiary/aromatic N) is 2. The maximum absolute atomic E-state index is 12.6. The predicted molar refractivity (Wildman–Crippen MR) is 60.5 cm³/mol. The monoisotopic (exact) mass is 261 g/mol. The van der Waals surface area contributed by atoms with Crippen LogP contribution in [0.2, 0.25) is 0 Å². The second kappa shape index (κ2) is 4.62. The van der Waals surface area contributed by atoms with Crippen LogP contribution in [0.5, 0.6) is 0 Å². The summed E-state index contributed by atoms with van der Waals surface area (Å²) >= 11 is 0. The van der Waals surface area contributed by atoms with Crippen LogP contribution in [0.15, 0.2) is 10.9 Å². The molecule has 0 radical (unpaired) electrons. The molecule has 0 amide bonds. The smallest absolute Gasteiger partial charge is 0.342 e. The Bertz CT molecular complexity index is 483. The Kier molecular flexibility index (Phi) is 3.32. The van der Waals surface area contributed by atoms with E-state index in [0.29, 0.717) is 25.1 Å². The molecule has 2 rings (SSSR count). The lowest BCUT2D eigenvalue weighted by atomic mass is 10.0. The highest BCUT2D eigenvalue weighted by Gasteiger charge is 2.34. The Labute approximate surface area is 102 Å². The summed E-state index contributed by atoms with van der Waals surface area (Å²) in [4.78, 5) is 18.8. The first kappa shape index (κ1) is 12.9. The summed E-state index contributed by atoms with van der Waals surface area (Å²) in [5.41, 5.74) is -1.91. The summed E-state index contributed by atoms with van der Waals surface area (Å²) in [5.74, 6) is 0.403. The summed E-state index contributed by atoms with van der Waals surface area (Å²) in [6.07, 6.45) is -2.66. The van der Waals surface area contributed by atoms with Crippen molar-refractivity contribution in [1.29, 1.82) is 0 Å². The molecule has 1 aromatic rings. The fourth-order valence-corrected chi connectivity index (χ4v) is 2.12. The number of aromatic amines is 1. The van der Waals surface area contributed by atoms with Gasteiger partial charge in [0.15, 0.2) is 5.69 Å². The van der Waals surface area contributed by atoms with Gasteiger partial charge in [0.2, 0.25) is 5.95 Å². The summed E-state index contributed by atoms with van der Waals surface area (Å²) in [6.45, 7) is 3.26. The summed E-state index contributed by atoms with van der Waals surface area (Å²) < 4.78 is 37.7. The summed E-state index contributed by atoms with van der Waals surface area (Å²) in [7, 11) is 0. The normalized spacial score (nSPS) is 21.1. The standard InChI is InChI=1S/C11H14F3N3O/c1-7-3-2-4-17(6-7)10-15-8(11(12,13)14)5-9(18)16-10/h5,7H,2-4,6H2,1H3,(H,15,16,18). The van der Waals surface area contributed by atoms with E-state index in [9.17, 15) is 18.0 Å². The highest BCUT2D eigenvalue weighted by molar-refractivity contribution is 5.31.